The van der Waals surface area contributed by atoms with Gasteiger partial charge >= 0.3 is 5.97 Å². The summed E-state index contributed by atoms with van der Waals surface area (Å²) in [7, 11) is 1.50. The lowest BCUT2D eigenvalue weighted by Crippen LogP contribution is -2.51. The number of benzene rings is 1. The van der Waals surface area contributed by atoms with E-state index in [2.05, 4.69) is 66.2 Å². The van der Waals surface area contributed by atoms with E-state index < -0.39 is 0 Å². The summed E-state index contributed by atoms with van der Waals surface area (Å²) >= 11 is 0. The molecule has 2 aromatic heterocycles. The Morgan fingerprint density at radius 3 is 2.74 bits per heavy atom. The molecule has 4 saturated heterocycles. The van der Waals surface area contributed by atoms with Gasteiger partial charge < -0.3 is 19.3 Å². The number of pyridine rings is 1. The number of ether oxygens (including phenoxy) is 2. The SMILES string of the molecule is COC(=O)C1C2CN(CC3C4COC3(c3nc5c(C)cc(N6CC[C@](C)(c7ccccc7)C6)cn5n3)C4)CC21. The van der Waals surface area contributed by atoms with Crippen molar-refractivity contribution in [3.63, 3.8) is 0 Å². The highest BCUT2D eigenvalue weighted by atomic mass is 16.5. The number of hydrogen-bond donors (Lipinski definition) is 0. The van der Waals surface area contributed by atoms with Gasteiger partial charge in [0.2, 0.25) is 0 Å². The number of hydrogen-bond acceptors (Lipinski definition) is 7. The third kappa shape index (κ3) is 3.46. The largest absolute Gasteiger partial charge is 0.469 e. The molecule has 8 heteroatoms. The fourth-order valence-electron chi connectivity index (χ4n) is 8.39. The van der Waals surface area contributed by atoms with E-state index in [1.807, 2.05) is 4.52 Å². The predicted molar refractivity (Wildman–Crippen MR) is 147 cm³/mol. The molecule has 6 fully saturated rings. The number of carbonyl (C=O) groups excluding carboxylic acids is 1. The van der Waals surface area contributed by atoms with Crippen molar-refractivity contribution in [2.45, 2.75) is 37.7 Å². The van der Waals surface area contributed by atoms with Crippen molar-refractivity contribution < 1.29 is 14.3 Å². The van der Waals surface area contributed by atoms with Crippen molar-refractivity contribution in [2.75, 3.05) is 51.3 Å². The number of likely N-dealkylation sites (tertiary alicyclic amines) is 1. The van der Waals surface area contributed by atoms with Crippen LogP contribution in [-0.4, -0.2) is 71.9 Å². The molecule has 2 saturated carbocycles. The molecular formula is C31H37N5O3. The topological polar surface area (TPSA) is 72.2 Å². The van der Waals surface area contributed by atoms with Crippen molar-refractivity contribution in [2.24, 2.45) is 29.6 Å². The molecule has 0 amide bonds. The first-order valence-electron chi connectivity index (χ1n) is 14.5. The monoisotopic (exact) mass is 527 g/mol. The van der Waals surface area contributed by atoms with Crippen LogP contribution in [0.5, 0.6) is 0 Å². The summed E-state index contributed by atoms with van der Waals surface area (Å²) in [5, 5.41) is 5.06. The third-order valence-electron chi connectivity index (χ3n) is 10.8. The molecule has 39 heavy (non-hydrogen) atoms. The number of nitrogens with zero attached hydrogens (tertiary/aromatic N) is 5. The minimum absolute atomic E-state index is 0.0320. The van der Waals surface area contributed by atoms with Crippen molar-refractivity contribution in [3.05, 3.63) is 59.5 Å². The van der Waals surface area contributed by atoms with Gasteiger partial charge in [-0.1, -0.05) is 37.3 Å². The highest BCUT2D eigenvalue weighted by Gasteiger charge is 2.66. The maximum Gasteiger partial charge on any atom is 0.309 e. The zero-order valence-electron chi connectivity index (χ0n) is 23.0. The number of esters is 1. The summed E-state index contributed by atoms with van der Waals surface area (Å²) in [4.78, 5) is 22.1. The number of anilines is 1. The van der Waals surface area contributed by atoms with E-state index in [1.165, 1.54) is 18.4 Å². The standard InChI is InChI=1S/C31H37N5O3/c1-19-11-22(35-10-9-30(2,18-35)21-7-5-4-6-8-21)13-36-27(19)32-29(33-36)31-12-20(17-39-31)25(31)16-34-14-23-24(15-34)26(23)28(37)38-3/h4-8,11,13,20,23-26H,9-10,12,14-18H2,1-3H3/t20?,23?,24?,25?,26?,30-,31?/m0/s1. The molecule has 3 aromatic rings. The first-order valence-corrected chi connectivity index (χ1v) is 14.5. The van der Waals surface area contributed by atoms with Crippen LogP contribution in [0.2, 0.25) is 0 Å². The Bertz CT molecular complexity index is 1440. The molecule has 0 N–H and O–H groups in total. The van der Waals surface area contributed by atoms with E-state index in [9.17, 15) is 4.79 Å². The summed E-state index contributed by atoms with van der Waals surface area (Å²) in [5.74, 6) is 2.85. The summed E-state index contributed by atoms with van der Waals surface area (Å²) in [6.45, 7) is 10.3. The Morgan fingerprint density at radius 2 is 2.00 bits per heavy atom. The molecule has 2 aliphatic carbocycles. The molecule has 5 unspecified atom stereocenters. The molecular weight excluding hydrogens is 490 g/mol. The van der Waals surface area contributed by atoms with Crippen LogP contribution >= 0.6 is 0 Å². The summed E-state index contributed by atoms with van der Waals surface area (Å²) in [5.41, 5.74) is 4.46. The van der Waals surface area contributed by atoms with Crippen molar-refractivity contribution in [1.82, 2.24) is 19.5 Å². The van der Waals surface area contributed by atoms with Crippen LogP contribution in [0.3, 0.4) is 0 Å². The molecule has 6 atom stereocenters. The average molecular weight is 528 g/mol. The Hall–Kier alpha value is -2.97. The maximum absolute atomic E-state index is 12.0. The molecule has 2 bridgehead atoms. The second-order valence-corrected chi connectivity index (χ2v) is 13.0. The molecule has 8 nitrogen and oxygen atoms in total. The Balaban J connectivity index is 1.01. The molecule has 6 heterocycles. The first kappa shape index (κ1) is 23.9. The van der Waals surface area contributed by atoms with Crippen LogP contribution in [-0.2, 0) is 25.3 Å². The summed E-state index contributed by atoms with van der Waals surface area (Å²) < 4.78 is 13.4. The zero-order valence-corrected chi connectivity index (χ0v) is 23.0. The van der Waals surface area contributed by atoms with Crippen molar-refractivity contribution in [1.29, 1.82) is 0 Å². The second kappa shape index (κ2) is 8.27. The Labute approximate surface area is 229 Å². The fourth-order valence-corrected chi connectivity index (χ4v) is 8.39. The smallest absolute Gasteiger partial charge is 0.309 e. The van der Waals surface area contributed by atoms with Crippen LogP contribution in [0.1, 0.15) is 36.7 Å². The van der Waals surface area contributed by atoms with Gasteiger partial charge in [0.1, 0.15) is 5.60 Å². The molecule has 1 aromatic carbocycles. The number of piperidine rings is 1. The number of aryl methyl sites for hydroxylation is 1. The van der Waals surface area contributed by atoms with Gasteiger partial charge in [0.25, 0.3) is 0 Å². The van der Waals surface area contributed by atoms with E-state index >= 15 is 0 Å². The lowest BCUT2D eigenvalue weighted by atomic mass is 9.63. The van der Waals surface area contributed by atoms with Crippen molar-refractivity contribution in [3.8, 4) is 0 Å². The van der Waals surface area contributed by atoms with Gasteiger partial charge in [-0.3, -0.25) is 4.79 Å². The van der Waals surface area contributed by atoms with Crippen LogP contribution in [0.25, 0.3) is 5.65 Å². The van der Waals surface area contributed by atoms with Gasteiger partial charge in [0.05, 0.1) is 31.5 Å². The van der Waals surface area contributed by atoms with Crippen LogP contribution < -0.4 is 4.90 Å². The maximum atomic E-state index is 12.0. The average Bonchev–Trinajstić information content (AvgIpc) is 3.59. The lowest BCUT2D eigenvalue weighted by Gasteiger charge is -2.45. The number of methoxy groups -OCH3 is 1. The molecule has 4 aliphatic heterocycles. The van der Waals surface area contributed by atoms with Gasteiger partial charge in [0, 0.05) is 44.1 Å². The van der Waals surface area contributed by atoms with E-state index in [0.717, 1.165) is 69.2 Å². The second-order valence-electron chi connectivity index (χ2n) is 13.0. The Morgan fingerprint density at radius 1 is 1.21 bits per heavy atom. The molecule has 9 rings (SSSR count). The fraction of sp³-hybridized carbons (Fsp3) is 0.581. The molecule has 6 aliphatic rings. The van der Waals surface area contributed by atoms with Gasteiger partial charge in [-0.15, -0.1) is 5.10 Å². The van der Waals surface area contributed by atoms with Crippen LogP contribution in [0, 0.1) is 36.5 Å². The van der Waals surface area contributed by atoms with Gasteiger partial charge in [0.15, 0.2) is 11.5 Å². The number of carbonyl (C=O) groups is 1. The van der Waals surface area contributed by atoms with Gasteiger partial charge in [-0.2, -0.15) is 0 Å². The summed E-state index contributed by atoms with van der Waals surface area (Å²) in [6, 6.07) is 13.2. The van der Waals surface area contributed by atoms with Gasteiger partial charge in [-0.05, 0) is 54.7 Å². The quantitative estimate of drug-likeness (QED) is 0.455. The normalized spacial score (nSPS) is 36.8. The number of fused-ring (bicyclic) bond motifs is 3. The van der Waals surface area contributed by atoms with E-state index in [0.29, 0.717) is 23.7 Å². The van der Waals surface area contributed by atoms with Crippen LogP contribution in [0.4, 0.5) is 5.69 Å². The van der Waals surface area contributed by atoms with E-state index in [4.69, 9.17) is 19.6 Å². The molecule has 0 spiro atoms. The Kier molecular flexibility index (Phi) is 5.06. The van der Waals surface area contributed by atoms with Crippen molar-refractivity contribution >= 4 is 17.3 Å². The minimum Gasteiger partial charge on any atom is -0.469 e. The lowest BCUT2D eigenvalue weighted by molar-refractivity contribution is -0.143. The zero-order chi connectivity index (χ0) is 26.5. The summed E-state index contributed by atoms with van der Waals surface area (Å²) in [6.07, 6.45) is 4.30. The highest BCUT2D eigenvalue weighted by Crippen LogP contribution is 2.60. The highest BCUT2D eigenvalue weighted by molar-refractivity contribution is 5.76. The first-order chi connectivity index (χ1) is 18.9. The number of aromatic nitrogens is 3. The molecule has 0 radical (unpaired) electrons. The molecule has 204 valence electrons. The number of rotatable bonds is 6. The van der Waals surface area contributed by atoms with Gasteiger partial charge in [-0.25, -0.2) is 9.50 Å². The van der Waals surface area contributed by atoms with E-state index in [-0.39, 0.29) is 22.9 Å². The van der Waals surface area contributed by atoms with Crippen LogP contribution in [0.15, 0.2) is 42.6 Å². The van der Waals surface area contributed by atoms with E-state index in [1.54, 1.807) is 0 Å². The third-order valence-corrected chi connectivity index (χ3v) is 10.8. The predicted octanol–water partition coefficient (Wildman–Crippen LogP) is 3.42. The minimum atomic E-state index is -0.378.